The first-order valence-corrected chi connectivity index (χ1v) is 20.1. The third kappa shape index (κ3) is 3.30. The van der Waals surface area contributed by atoms with Gasteiger partial charge in [-0.05, 0) is 60.7 Å². The van der Waals surface area contributed by atoms with Gasteiger partial charge in [0.15, 0.2) is 0 Å². The van der Waals surface area contributed by atoms with E-state index in [1.807, 2.05) is 0 Å². The van der Waals surface area contributed by atoms with Gasteiger partial charge in [-0.2, -0.15) is 0 Å². The molecule has 9 aromatic carbocycles. The zero-order chi connectivity index (χ0) is 37.4. The fraction of sp³-hybridized carbons (Fsp3) is 0. The Morgan fingerprint density at radius 2 is 0.759 bits per heavy atom. The molecule has 0 radical (unpaired) electrons. The minimum Gasteiger partial charge on any atom is -0.309 e. The normalized spacial score (nSPS) is 12.8. The first-order chi connectivity index (χ1) is 28.8. The topological polar surface area (TPSA) is 18.7 Å². The molecule has 58 heavy (non-hydrogen) atoms. The summed E-state index contributed by atoms with van der Waals surface area (Å²) < 4.78 is 10.1. The number of hydrogen-bond donors (Lipinski definition) is 0. The van der Waals surface area contributed by atoms with Gasteiger partial charge in [-0.3, -0.25) is 0 Å². The fourth-order valence-corrected chi connectivity index (χ4v) is 11.2. The van der Waals surface area contributed by atoms with Crippen LogP contribution in [0.1, 0.15) is 0 Å². The molecule has 0 spiro atoms. The summed E-state index contributed by atoms with van der Waals surface area (Å²) in [5.41, 5.74) is 14.8. The van der Waals surface area contributed by atoms with Gasteiger partial charge in [0.25, 0.3) is 0 Å². The van der Waals surface area contributed by atoms with Crippen molar-refractivity contribution >= 4 is 120 Å². The molecule has 0 saturated carbocycles. The summed E-state index contributed by atoms with van der Waals surface area (Å²) in [5.74, 6) is 0. The first kappa shape index (κ1) is 29.5. The average molecular weight is 735 g/mol. The van der Waals surface area contributed by atoms with Crippen LogP contribution in [-0.4, -0.2) is 17.9 Å². The highest BCUT2D eigenvalue weighted by Gasteiger charge is 2.28. The third-order valence-electron chi connectivity index (χ3n) is 13.4. The molecule has 4 nitrogen and oxygen atoms in total. The van der Waals surface area contributed by atoms with Gasteiger partial charge in [0, 0.05) is 76.0 Å². The predicted octanol–water partition coefficient (Wildman–Crippen LogP) is 14.2. The van der Waals surface area contributed by atoms with Crippen LogP contribution < -0.4 is 0 Å². The van der Waals surface area contributed by atoms with Crippen molar-refractivity contribution in [3.63, 3.8) is 0 Å². The van der Waals surface area contributed by atoms with E-state index >= 15 is 0 Å². The Balaban J connectivity index is 1.27. The van der Waals surface area contributed by atoms with Crippen molar-refractivity contribution in [2.45, 2.75) is 0 Å². The standard InChI is InChI=1S/C54H30N4/c1-3-14-31(15-4-1)55-45-25-12-9-20-39(45)49-48(55)29-41-38-27-26-37-34-19-7-10-23-43(34)56(32-16-5-2-6-17-32)53(37)54(38)58-47-30-46-40(28-42(47)50(49)52(41)58)36-22-13-21-35-33-18-8-11-24-44(33)57(46)51(35)36/h1-30H. The van der Waals surface area contributed by atoms with E-state index in [-0.39, 0.29) is 0 Å². The van der Waals surface area contributed by atoms with Crippen LogP contribution >= 0.6 is 0 Å². The molecule has 266 valence electrons. The molecule has 0 N–H and O–H groups in total. The number of rotatable bonds is 2. The van der Waals surface area contributed by atoms with Crippen molar-refractivity contribution in [1.29, 1.82) is 0 Å². The van der Waals surface area contributed by atoms with Crippen LogP contribution in [0.5, 0.6) is 0 Å². The monoisotopic (exact) mass is 734 g/mol. The Bertz CT molecular complexity index is 4230. The Morgan fingerprint density at radius 3 is 1.50 bits per heavy atom. The first-order valence-electron chi connectivity index (χ1n) is 20.1. The Morgan fingerprint density at radius 1 is 0.224 bits per heavy atom. The number of aromatic nitrogens is 4. The van der Waals surface area contributed by atoms with Crippen LogP contribution in [-0.2, 0) is 0 Å². The highest BCUT2D eigenvalue weighted by Crippen LogP contribution is 2.50. The summed E-state index contributed by atoms with van der Waals surface area (Å²) in [5, 5.41) is 15.4. The van der Waals surface area contributed by atoms with Crippen LogP contribution in [0.15, 0.2) is 182 Å². The van der Waals surface area contributed by atoms with E-state index < -0.39 is 0 Å². The Labute approximate surface area is 329 Å². The maximum atomic E-state index is 2.64. The molecule has 6 aromatic heterocycles. The van der Waals surface area contributed by atoms with Gasteiger partial charge < -0.3 is 17.9 Å². The minimum absolute atomic E-state index is 1.16. The quantitative estimate of drug-likeness (QED) is 0.168. The van der Waals surface area contributed by atoms with Crippen LogP contribution in [0, 0.1) is 0 Å². The molecular weight excluding hydrogens is 705 g/mol. The van der Waals surface area contributed by atoms with Crippen molar-refractivity contribution in [1.82, 2.24) is 17.9 Å². The van der Waals surface area contributed by atoms with Crippen LogP contribution in [0.25, 0.3) is 131 Å². The number of hydrogen-bond acceptors (Lipinski definition) is 0. The van der Waals surface area contributed by atoms with Gasteiger partial charge in [0.05, 0.1) is 55.2 Å². The van der Waals surface area contributed by atoms with E-state index in [4.69, 9.17) is 0 Å². The molecular formula is C54H30N4. The molecule has 0 aliphatic rings. The fourth-order valence-electron chi connectivity index (χ4n) is 11.2. The zero-order valence-corrected chi connectivity index (χ0v) is 31.1. The Kier molecular flexibility index (Phi) is 5.14. The molecule has 0 aliphatic carbocycles. The van der Waals surface area contributed by atoms with Gasteiger partial charge >= 0.3 is 0 Å². The largest absolute Gasteiger partial charge is 0.309 e. The van der Waals surface area contributed by atoms with Crippen molar-refractivity contribution < 1.29 is 0 Å². The van der Waals surface area contributed by atoms with E-state index in [0.29, 0.717) is 0 Å². The number of para-hydroxylation sites is 6. The smallest absolute Gasteiger partial charge is 0.0789 e. The Hall–Kier alpha value is -7.82. The van der Waals surface area contributed by atoms with E-state index in [1.165, 1.54) is 125 Å². The molecule has 4 heteroatoms. The number of nitrogens with zero attached hydrogens (tertiary/aromatic N) is 4. The van der Waals surface area contributed by atoms with E-state index in [9.17, 15) is 0 Å². The third-order valence-corrected chi connectivity index (χ3v) is 13.4. The molecule has 0 amide bonds. The molecule has 0 bridgehead atoms. The lowest BCUT2D eigenvalue weighted by atomic mass is 10.00. The summed E-state index contributed by atoms with van der Waals surface area (Å²) in [4.78, 5) is 0. The lowest BCUT2D eigenvalue weighted by molar-refractivity contribution is 1.18. The van der Waals surface area contributed by atoms with E-state index in [1.54, 1.807) is 0 Å². The second-order valence-electron chi connectivity index (χ2n) is 16.1. The van der Waals surface area contributed by atoms with Crippen LogP contribution in [0.3, 0.4) is 0 Å². The second kappa shape index (κ2) is 10.1. The SMILES string of the molecule is c1ccc(-n2c3ccccc3c3c4c5cc6c7cccc8c9ccccc9n(c6cc5n5c4c(cc32)c2ccc3c4ccccc4n(-c4ccccc4)c3c25)c87)cc1. The summed E-state index contributed by atoms with van der Waals surface area (Å²) in [6, 6.07) is 67.7. The molecule has 0 fully saturated rings. The second-order valence-corrected chi connectivity index (χ2v) is 16.1. The molecule has 6 heterocycles. The molecule has 0 unspecified atom stereocenters. The highest BCUT2D eigenvalue weighted by atomic mass is 15.0. The van der Waals surface area contributed by atoms with Gasteiger partial charge in [-0.1, -0.05) is 121 Å². The molecule has 15 rings (SSSR count). The number of fused-ring (bicyclic) bond motifs is 20. The molecule has 0 saturated heterocycles. The maximum Gasteiger partial charge on any atom is 0.0789 e. The minimum atomic E-state index is 1.16. The zero-order valence-electron chi connectivity index (χ0n) is 31.1. The van der Waals surface area contributed by atoms with Crippen molar-refractivity contribution in [3.8, 4) is 11.4 Å². The van der Waals surface area contributed by atoms with Crippen molar-refractivity contribution in [2.75, 3.05) is 0 Å². The van der Waals surface area contributed by atoms with Gasteiger partial charge in [0.2, 0.25) is 0 Å². The summed E-state index contributed by atoms with van der Waals surface area (Å²) in [7, 11) is 0. The average Bonchev–Trinajstić information content (AvgIpc) is 4.11. The van der Waals surface area contributed by atoms with Crippen molar-refractivity contribution in [3.05, 3.63) is 182 Å². The summed E-state index contributed by atoms with van der Waals surface area (Å²) >= 11 is 0. The molecule has 0 aliphatic heterocycles. The van der Waals surface area contributed by atoms with E-state index in [0.717, 1.165) is 5.69 Å². The summed E-state index contributed by atoms with van der Waals surface area (Å²) in [6.07, 6.45) is 0. The molecule has 0 atom stereocenters. The predicted molar refractivity (Wildman–Crippen MR) is 244 cm³/mol. The summed E-state index contributed by atoms with van der Waals surface area (Å²) in [6.45, 7) is 0. The van der Waals surface area contributed by atoms with Crippen LogP contribution in [0.2, 0.25) is 0 Å². The lowest BCUT2D eigenvalue weighted by Gasteiger charge is -2.09. The van der Waals surface area contributed by atoms with Crippen molar-refractivity contribution in [2.24, 2.45) is 0 Å². The van der Waals surface area contributed by atoms with Crippen LogP contribution in [0.4, 0.5) is 0 Å². The maximum absolute atomic E-state index is 2.64. The molecule has 15 aromatic rings. The van der Waals surface area contributed by atoms with E-state index in [2.05, 4.69) is 200 Å². The van der Waals surface area contributed by atoms with Gasteiger partial charge in [-0.15, -0.1) is 0 Å². The lowest BCUT2D eigenvalue weighted by Crippen LogP contribution is -1.95. The highest BCUT2D eigenvalue weighted by molar-refractivity contribution is 6.39. The van der Waals surface area contributed by atoms with Gasteiger partial charge in [0.1, 0.15) is 0 Å². The number of benzene rings is 9. The van der Waals surface area contributed by atoms with Gasteiger partial charge in [-0.25, -0.2) is 0 Å².